The maximum atomic E-state index is 11.8. The molecule has 0 fully saturated rings. The smallest absolute Gasteiger partial charge is 0.133 e. The molecule has 0 aliphatic rings. The summed E-state index contributed by atoms with van der Waals surface area (Å²) in [4.78, 5) is 0. The maximum Gasteiger partial charge on any atom is 0.133 e. The Morgan fingerprint density at radius 2 is 2.31 bits per heavy atom. The van der Waals surface area contributed by atoms with Crippen molar-refractivity contribution in [2.24, 2.45) is 0 Å². The summed E-state index contributed by atoms with van der Waals surface area (Å²) >= 11 is 3.22. The summed E-state index contributed by atoms with van der Waals surface area (Å²) in [7, 11) is 0. The first-order chi connectivity index (χ1) is 6.27. The Labute approximate surface area is 84.1 Å². The van der Waals surface area contributed by atoms with Crippen LogP contribution in [-0.4, -0.2) is 13.3 Å². The van der Waals surface area contributed by atoms with Crippen molar-refractivity contribution in [1.82, 2.24) is 0 Å². The van der Waals surface area contributed by atoms with E-state index in [9.17, 15) is 4.39 Å². The van der Waals surface area contributed by atoms with Crippen molar-refractivity contribution in [1.29, 1.82) is 5.26 Å². The lowest BCUT2D eigenvalue weighted by atomic mass is 10.2. The standard InChI is InChI=1S/C9H7BrFNO/c10-8-5-7(6-12)1-2-9(8)13-4-3-11/h1-2,5H,3-4H2. The van der Waals surface area contributed by atoms with Gasteiger partial charge >= 0.3 is 0 Å². The second-order valence-corrected chi connectivity index (χ2v) is 3.15. The van der Waals surface area contributed by atoms with E-state index in [1.165, 1.54) is 0 Å². The van der Waals surface area contributed by atoms with Crippen LogP contribution in [0, 0.1) is 11.3 Å². The Hall–Kier alpha value is -1.08. The second-order valence-electron chi connectivity index (χ2n) is 2.29. The number of alkyl halides is 1. The van der Waals surface area contributed by atoms with Gasteiger partial charge < -0.3 is 4.74 Å². The summed E-state index contributed by atoms with van der Waals surface area (Å²) in [5.41, 5.74) is 0.541. The maximum absolute atomic E-state index is 11.8. The summed E-state index contributed by atoms with van der Waals surface area (Å²) in [5, 5.41) is 8.56. The van der Waals surface area contributed by atoms with E-state index in [2.05, 4.69) is 15.9 Å². The predicted molar refractivity (Wildman–Crippen MR) is 50.3 cm³/mol. The Morgan fingerprint density at radius 1 is 1.54 bits per heavy atom. The van der Waals surface area contributed by atoms with E-state index >= 15 is 0 Å². The van der Waals surface area contributed by atoms with Gasteiger partial charge in [-0.2, -0.15) is 5.26 Å². The van der Waals surface area contributed by atoms with Gasteiger partial charge in [0.25, 0.3) is 0 Å². The Kier molecular flexibility index (Phi) is 3.71. The molecule has 4 heteroatoms. The number of hydrogen-bond acceptors (Lipinski definition) is 2. The molecule has 1 aromatic carbocycles. The van der Waals surface area contributed by atoms with Gasteiger partial charge in [-0.05, 0) is 34.1 Å². The van der Waals surface area contributed by atoms with Crippen molar-refractivity contribution in [3.05, 3.63) is 28.2 Å². The van der Waals surface area contributed by atoms with Crippen molar-refractivity contribution < 1.29 is 9.13 Å². The van der Waals surface area contributed by atoms with Crippen LogP contribution >= 0.6 is 15.9 Å². The summed E-state index contributed by atoms with van der Waals surface area (Å²) in [6.45, 7) is -0.489. The minimum absolute atomic E-state index is 0.0322. The molecule has 1 rings (SSSR count). The molecule has 13 heavy (non-hydrogen) atoms. The van der Waals surface area contributed by atoms with Crippen LogP contribution in [0.5, 0.6) is 5.75 Å². The largest absolute Gasteiger partial charge is 0.490 e. The summed E-state index contributed by atoms with van der Waals surface area (Å²) in [6.07, 6.45) is 0. The summed E-state index contributed by atoms with van der Waals surface area (Å²) in [6, 6.07) is 6.88. The van der Waals surface area contributed by atoms with E-state index < -0.39 is 6.67 Å². The van der Waals surface area contributed by atoms with Gasteiger partial charge in [-0.1, -0.05) is 0 Å². The average molecular weight is 244 g/mol. The number of hydrogen-bond donors (Lipinski definition) is 0. The monoisotopic (exact) mass is 243 g/mol. The van der Waals surface area contributed by atoms with E-state index in [0.29, 0.717) is 15.8 Å². The van der Waals surface area contributed by atoms with E-state index in [1.807, 2.05) is 6.07 Å². The zero-order valence-corrected chi connectivity index (χ0v) is 8.34. The average Bonchev–Trinajstić information content (AvgIpc) is 2.16. The van der Waals surface area contributed by atoms with Gasteiger partial charge in [0.15, 0.2) is 0 Å². The predicted octanol–water partition coefficient (Wildman–Crippen LogP) is 2.67. The van der Waals surface area contributed by atoms with Gasteiger partial charge in [0.05, 0.1) is 16.1 Å². The highest BCUT2D eigenvalue weighted by molar-refractivity contribution is 9.10. The summed E-state index contributed by atoms with van der Waals surface area (Å²) in [5.74, 6) is 0.552. The zero-order valence-electron chi connectivity index (χ0n) is 6.76. The lowest BCUT2D eigenvalue weighted by Crippen LogP contribution is -1.99. The van der Waals surface area contributed by atoms with Gasteiger partial charge in [-0.25, -0.2) is 4.39 Å². The van der Waals surface area contributed by atoms with Gasteiger partial charge in [-0.15, -0.1) is 0 Å². The van der Waals surface area contributed by atoms with Crippen LogP contribution in [0.15, 0.2) is 22.7 Å². The molecule has 0 aliphatic carbocycles. The molecule has 0 heterocycles. The fraction of sp³-hybridized carbons (Fsp3) is 0.222. The highest BCUT2D eigenvalue weighted by Gasteiger charge is 2.01. The highest BCUT2D eigenvalue weighted by Crippen LogP contribution is 2.25. The molecule has 0 saturated heterocycles. The first-order valence-electron chi connectivity index (χ1n) is 3.66. The number of nitrogens with zero attached hydrogens (tertiary/aromatic N) is 1. The van der Waals surface area contributed by atoms with Gasteiger partial charge in [0.2, 0.25) is 0 Å². The molecule has 0 unspecified atom stereocenters. The fourth-order valence-electron chi connectivity index (χ4n) is 0.836. The Bertz CT molecular complexity index is 335. The topological polar surface area (TPSA) is 33.0 Å². The molecule has 2 nitrogen and oxygen atoms in total. The molecule has 0 amide bonds. The molecule has 68 valence electrons. The van der Waals surface area contributed by atoms with Crippen molar-refractivity contribution >= 4 is 15.9 Å². The van der Waals surface area contributed by atoms with Crippen LogP contribution < -0.4 is 4.74 Å². The molecular weight excluding hydrogens is 237 g/mol. The summed E-state index contributed by atoms with van der Waals surface area (Å²) < 4.78 is 17.5. The SMILES string of the molecule is N#Cc1ccc(OCCF)c(Br)c1. The molecule has 0 atom stereocenters. The number of rotatable bonds is 3. The van der Waals surface area contributed by atoms with Crippen molar-refractivity contribution in [3.8, 4) is 11.8 Å². The molecule has 0 aliphatic heterocycles. The van der Waals surface area contributed by atoms with E-state index in [4.69, 9.17) is 10.00 Å². The molecule has 0 N–H and O–H groups in total. The number of halogens is 2. The van der Waals surface area contributed by atoms with E-state index in [-0.39, 0.29) is 6.61 Å². The minimum Gasteiger partial charge on any atom is -0.490 e. The molecule has 0 saturated carbocycles. The highest BCUT2D eigenvalue weighted by atomic mass is 79.9. The first kappa shape index (κ1) is 10.0. The van der Waals surface area contributed by atoms with Crippen LogP contribution in [0.25, 0.3) is 0 Å². The molecule has 1 aromatic rings. The Morgan fingerprint density at radius 3 is 2.85 bits per heavy atom. The van der Waals surface area contributed by atoms with Gasteiger partial charge in [0, 0.05) is 0 Å². The van der Waals surface area contributed by atoms with Crippen LogP contribution in [0.3, 0.4) is 0 Å². The van der Waals surface area contributed by atoms with E-state index in [1.54, 1.807) is 18.2 Å². The third-order valence-electron chi connectivity index (χ3n) is 1.40. The van der Waals surface area contributed by atoms with Gasteiger partial charge in [0.1, 0.15) is 19.0 Å². The molecule has 0 aromatic heterocycles. The van der Waals surface area contributed by atoms with Crippen molar-refractivity contribution in [3.63, 3.8) is 0 Å². The Balaban J connectivity index is 2.81. The number of benzene rings is 1. The van der Waals surface area contributed by atoms with Gasteiger partial charge in [-0.3, -0.25) is 0 Å². The third-order valence-corrected chi connectivity index (χ3v) is 2.02. The number of ether oxygens (including phenoxy) is 1. The van der Waals surface area contributed by atoms with Crippen LogP contribution in [0.4, 0.5) is 4.39 Å². The third kappa shape index (κ3) is 2.71. The van der Waals surface area contributed by atoms with E-state index in [0.717, 1.165) is 0 Å². The number of nitriles is 1. The molecular formula is C9H7BrFNO. The molecule has 0 radical (unpaired) electrons. The lowest BCUT2D eigenvalue weighted by molar-refractivity contribution is 0.272. The zero-order chi connectivity index (χ0) is 9.68. The van der Waals surface area contributed by atoms with Crippen LogP contribution in [0.2, 0.25) is 0 Å². The van der Waals surface area contributed by atoms with Crippen LogP contribution in [-0.2, 0) is 0 Å². The van der Waals surface area contributed by atoms with Crippen LogP contribution in [0.1, 0.15) is 5.56 Å². The second kappa shape index (κ2) is 4.83. The minimum atomic E-state index is -0.521. The normalized spacial score (nSPS) is 9.31. The van der Waals surface area contributed by atoms with Crippen molar-refractivity contribution in [2.75, 3.05) is 13.3 Å². The molecule has 0 spiro atoms. The fourth-order valence-corrected chi connectivity index (χ4v) is 1.33. The first-order valence-corrected chi connectivity index (χ1v) is 4.45. The van der Waals surface area contributed by atoms with Crippen molar-refractivity contribution in [2.45, 2.75) is 0 Å². The lowest BCUT2D eigenvalue weighted by Gasteiger charge is -2.05. The molecule has 0 bridgehead atoms. The quantitative estimate of drug-likeness (QED) is 0.818.